The lowest BCUT2D eigenvalue weighted by molar-refractivity contribution is 0.504. The standard InChI is InChI=1S/C15H20N2/c1-11(16)15-10-12-6-2-5-9-14(12)17(15)13-7-3-4-8-13/h2,5-6,9-11,13H,3-4,7-8,16H2,1H3. The van der Waals surface area contributed by atoms with Crippen molar-refractivity contribution in [1.82, 2.24) is 4.57 Å². The van der Waals surface area contributed by atoms with Gasteiger partial charge in [0.05, 0.1) is 0 Å². The summed E-state index contributed by atoms with van der Waals surface area (Å²) in [5.74, 6) is 0. The Morgan fingerprint density at radius 2 is 1.94 bits per heavy atom. The summed E-state index contributed by atoms with van der Waals surface area (Å²) in [4.78, 5) is 0. The molecule has 1 aromatic carbocycles. The molecule has 90 valence electrons. The van der Waals surface area contributed by atoms with Crippen molar-refractivity contribution in [1.29, 1.82) is 0 Å². The molecule has 2 heteroatoms. The van der Waals surface area contributed by atoms with E-state index in [1.54, 1.807) is 0 Å². The molecular formula is C15H20N2. The third-order valence-corrected chi connectivity index (χ3v) is 3.93. The highest BCUT2D eigenvalue weighted by Crippen LogP contribution is 2.36. The van der Waals surface area contributed by atoms with Gasteiger partial charge < -0.3 is 10.3 Å². The number of para-hydroxylation sites is 1. The van der Waals surface area contributed by atoms with E-state index in [-0.39, 0.29) is 6.04 Å². The maximum Gasteiger partial charge on any atom is 0.0485 e. The van der Waals surface area contributed by atoms with Gasteiger partial charge in [0.25, 0.3) is 0 Å². The number of aromatic nitrogens is 1. The van der Waals surface area contributed by atoms with Gasteiger partial charge in [-0.25, -0.2) is 0 Å². The van der Waals surface area contributed by atoms with Crippen LogP contribution in [0.1, 0.15) is 50.4 Å². The van der Waals surface area contributed by atoms with Crippen LogP contribution in [-0.2, 0) is 0 Å². The molecule has 1 heterocycles. The Balaban J connectivity index is 2.20. The highest BCUT2D eigenvalue weighted by Gasteiger charge is 2.22. The molecule has 2 aromatic rings. The van der Waals surface area contributed by atoms with Gasteiger partial charge in [0, 0.05) is 23.3 Å². The number of hydrogen-bond donors (Lipinski definition) is 1. The lowest BCUT2D eigenvalue weighted by Gasteiger charge is -2.19. The van der Waals surface area contributed by atoms with E-state index in [1.807, 2.05) is 0 Å². The van der Waals surface area contributed by atoms with E-state index in [2.05, 4.69) is 41.8 Å². The van der Waals surface area contributed by atoms with Gasteiger partial charge in [-0.05, 0) is 37.3 Å². The van der Waals surface area contributed by atoms with Crippen molar-refractivity contribution in [3.05, 3.63) is 36.0 Å². The second kappa shape index (κ2) is 4.19. The van der Waals surface area contributed by atoms with E-state index in [9.17, 15) is 0 Å². The van der Waals surface area contributed by atoms with Crippen molar-refractivity contribution in [3.63, 3.8) is 0 Å². The zero-order valence-electron chi connectivity index (χ0n) is 10.4. The summed E-state index contributed by atoms with van der Waals surface area (Å²) in [6.07, 6.45) is 5.32. The van der Waals surface area contributed by atoms with Gasteiger partial charge in [-0.3, -0.25) is 0 Å². The molecule has 0 aliphatic heterocycles. The fourth-order valence-corrected chi connectivity index (χ4v) is 3.12. The van der Waals surface area contributed by atoms with E-state index in [0.717, 1.165) is 0 Å². The molecule has 0 bridgehead atoms. The molecule has 0 amide bonds. The van der Waals surface area contributed by atoms with Crippen LogP contribution < -0.4 is 5.73 Å². The number of nitrogens with two attached hydrogens (primary N) is 1. The third-order valence-electron chi connectivity index (χ3n) is 3.93. The minimum Gasteiger partial charge on any atom is -0.340 e. The Kier molecular flexibility index (Phi) is 2.67. The number of nitrogens with zero attached hydrogens (tertiary/aromatic N) is 1. The molecule has 0 spiro atoms. The molecule has 2 nitrogen and oxygen atoms in total. The van der Waals surface area contributed by atoms with Gasteiger partial charge >= 0.3 is 0 Å². The first kappa shape index (κ1) is 10.8. The number of benzene rings is 1. The SMILES string of the molecule is CC(N)c1cc2ccccc2n1C1CCCC1. The van der Waals surface area contributed by atoms with E-state index >= 15 is 0 Å². The molecule has 1 unspecified atom stereocenters. The van der Waals surface area contributed by atoms with Crippen molar-refractivity contribution in [2.24, 2.45) is 5.73 Å². The van der Waals surface area contributed by atoms with Crippen LogP contribution in [0.15, 0.2) is 30.3 Å². The van der Waals surface area contributed by atoms with Gasteiger partial charge in [-0.15, -0.1) is 0 Å². The molecule has 3 rings (SSSR count). The monoisotopic (exact) mass is 228 g/mol. The fraction of sp³-hybridized carbons (Fsp3) is 0.467. The summed E-state index contributed by atoms with van der Waals surface area (Å²) in [6.45, 7) is 2.08. The molecule has 1 aliphatic rings. The number of hydrogen-bond acceptors (Lipinski definition) is 1. The normalized spacial score (nSPS) is 18.9. The van der Waals surface area contributed by atoms with Crippen LogP contribution in [0.25, 0.3) is 10.9 Å². The van der Waals surface area contributed by atoms with Gasteiger partial charge in [-0.2, -0.15) is 0 Å². The van der Waals surface area contributed by atoms with Crippen LogP contribution in [0.4, 0.5) is 0 Å². The van der Waals surface area contributed by atoms with Crippen molar-refractivity contribution < 1.29 is 0 Å². The summed E-state index contributed by atoms with van der Waals surface area (Å²) in [7, 11) is 0. The molecule has 1 saturated carbocycles. The summed E-state index contributed by atoms with van der Waals surface area (Å²) < 4.78 is 2.49. The first-order valence-corrected chi connectivity index (χ1v) is 6.63. The summed E-state index contributed by atoms with van der Waals surface area (Å²) >= 11 is 0. The Hall–Kier alpha value is -1.28. The van der Waals surface area contributed by atoms with Gasteiger partial charge in [0.2, 0.25) is 0 Å². The fourth-order valence-electron chi connectivity index (χ4n) is 3.12. The first-order chi connectivity index (χ1) is 8.27. The lowest BCUT2D eigenvalue weighted by atomic mass is 10.2. The van der Waals surface area contributed by atoms with Crippen LogP contribution in [0.2, 0.25) is 0 Å². The van der Waals surface area contributed by atoms with Gasteiger partial charge in [0.1, 0.15) is 0 Å². The second-order valence-corrected chi connectivity index (χ2v) is 5.22. The topological polar surface area (TPSA) is 30.9 Å². The highest BCUT2D eigenvalue weighted by molar-refractivity contribution is 5.81. The average Bonchev–Trinajstić information content (AvgIpc) is 2.94. The van der Waals surface area contributed by atoms with Crippen molar-refractivity contribution >= 4 is 10.9 Å². The molecule has 0 radical (unpaired) electrons. The number of rotatable bonds is 2. The molecule has 1 fully saturated rings. The predicted octanol–water partition coefficient (Wildman–Crippen LogP) is 3.78. The van der Waals surface area contributed by atoms with Crippen molar-refractivity contribution in [2.75, 3.05) is 0 Å². The van der Waals surface area contributed by atoms with Gasteiger partial charge in [-0.1, -0.05) is 31.0 Å². The quantitative estimate of drug-likeness (QED) is 0.833. The zero-order valence-corrected chi connectivity index (χ0v) is 10.4. The summed E-state index contributed by atoms with van der Waals surface area (Å²) in [5, 5.41) is 1.33. The molecule has 0 saturated heterocycles. The van der Waals surface area contributed by atoms with E-state index < -0.39 is 0 Å². The summed E-state index contributed by atoms with van der Waals surface area (Å²) in [5.41, 5.74) is 8.77. The van der Waals surface area contributed by atoms with Crippen LogP contribution >= 0.6 is 0 Å². The molecule has 17 heavy (non-hydrogen) atoms. The zero-order chi connectivity index (χ0) is 11.8. The maximum absolute atomic E-state index is 6.13. The minimum absolute atomic E-state index is 0.114. The minimum atomic E-state index is 0.114. The maximum atomic E-state index is 6.13. The van der Waals surface area contributed by atoms with Crippen LogP contribution in [0.3, 0.4) is 0 Å². The Labute approximate surface area is 102 Å². The predicted molar refractivity (Wildman–Crippen MR) is 72.0 cm³/mol. The van der Waals surface area contributed by atoms with Crippen LogP contribution in [-0.4, -0.2) is 4.57 Å². The Bertz CT molecular complexity index is 519. The van der Waals surface area contributed by atoms with Crippen molar-refractivity contribution in [3.8, 4) is 0 Å². The van der Waals surface area contributed by atoms with E-state index in [4.69, 9.17) is 5.73 Å². The molecule has 1 aliphatic carbocycles. The summed E-state index contributed by atoms with van der Waals surface area (Å²) in [6, 6.07) is 11.7. The van der Waals surface area contributed by atoms with Crippen LogP contribution in [0, 0.1) is 0 Å². The van der Waals surface area contributed by atoms with E-state index in [0.29, 0.717) is 6.04 Å². The first-order valence-electron chi connectivity index (χ1n) is 6.63. The Morgan fingerprint density at radius 1 is 1.24 bits per heavy atom. The van der Waals surface area contributed by atoms with E-state index in [1.165, 1.54) is 42.3 Å². The number of fused-ring (bicyclic) bond motifs is 1. The van der Waals surface area contributed by atoms with Crippen molar-refractivity contribution in [2.45, 2.75) is 44.7 Å². The molecule has 1 aromatic heterocycles. The molecular weight excluding hydrogens is 208 g/mol. The van der Waals surface area contributed by atoms with Crippen LogP contribution in [0.5, 0.6) is 0 Å². The molecule has 1 atom stereocenters. The Morgan fingerprint density at radius 3 is 2.65 bits per heavy atom. The lowest BCUT2D eigenvalue weighted by Crippen LogP contribution is -2.15. The smallest absolute Gasteiger partial charge is 0.0485 e. The molecule has 2 N–H and O–H groups in total. The van der Waals surface area contributed by atoms with Gasteiger partial charge in [0.15, 0.2) is 0 Å². The second-order valence-electron chi connectivity index (χ2n) is 5.22. The average molecular weight is 228 g/mol. The third kappa shape index (κ3) is 1.77. The largest absolute Gasteiger partial charge is 0.340 e. The highest BCUT2D eigenvalue weighted by atomic mass is 15.0.